The molecule has 0 bridgehead atoms. The van der Waals surface area contributed by atoms with Gasteiger partial charge in [0.05, 0.1) is 12.2 Å². The van der Waals surface area contributed by atoms with Crippen LogP contribution in [0, 0.1) is 11.8 Å². The van der Waals surface area contributed by atoms with Crippen LogP contribution in [-0.2, 0) is 0 Å². The van der Waals surface area contributed by atoms with Crippen molar-refractivity contribution in [2.24, 2.45) is 11.8 Å². The molecule has 0 aromatic carbocycles. The maximum absolute atomic E-state index is 9.16. The Balaban J connectivity index is -0.000000161. The van der Waals surface area contributed by atoms with Gasteiger partial charge in [0.25, 0.3) is 0 Å². The van der Waals surface area contributed by atoms with Crippen molar-refractivity contribution in [3.05, 3.63) is 0 Å². The molecule has 0 aromatic rings. The lowest BCUT2D eigenvalue weighted by atomic mass is 9.98. The first-order valence-corrected chi connectivity index (χ1v) is 13.6. The molecule has 0 aliphatic rings. The SMILES string of the molecule is CCC.CCC(C)CCC(C)C.CCC(O)CCCC(O)CC.CCCCCCC. The number of rotatable bonds is 14. The maximum atomic E-state index is 9.16. The summed E-state index contributed by atoms with van der Waals surface area (Å²) in [6.45, 7) is 21.9. The van der Waals surface area contributed by atoms with E-state index in [2.05, 4.69) is 55.4 Å². The van der Waals surface area contributed by atoms with E-state index in [1.165, 1.54) is 57.8 Å². The van der Waals surface area contributed by atoms with E-state index in [4.69, 9.17) is 10.2 Å². The lowest BCUT2D eigenvalue weighted by Gasteiger charge is -2.09. The zero-order valence-electron chi connectivity index (χ0n) is 23.1. The summed E-state index contributed by atoms with van der Waals surface area (Å²) in [4.78, 5) is 0. The normalized spacial score (nSPS) is 13.1. The van der Waals surface area contributed by atoms with Crippen molar-refractivity contribution in [1.82, 2.24) is 0 Å². The summed E-state index contributed by atoms with van der Waals surface area (Å²) in [7, 11) is 0. The fraction of sp³-hybridized carbons (Fsp3) is 1.00. The molecule has 3 unspecified atom stereocenters. The van der Waals surface area contributed by atoms with Crippen LogP contribution < -0.4 is 0 Å². The van der Waals surface area contributed by atoms with Crippen molar-refractivity contribution in [3.8, 4) is 0 Å². The van der Waals surface area contributed by atoms with Crippen LogP contribution in [0.5, 0.6) is 0 Å². The van der Waals surface area contributed by atoms with Crippen molar-refractivity contribution < 1.29 is 10.2 Å². The highest BCUT2D eigenvalue weighted by molar-refractivity contribution is 4.57. The van der Waals surface area contributed by atoms with Crippen molar-refractivity contribution in [2.75, 3.05) is 0 Å². The molecule has 0 saturated carbocycles. The van der Waals surface area contributed by atoms with Gasteiger partial charge in [-0.2, -0.15) is 0 Å². The fourth-order valence-electron chi connectivity index (χ4n) is 2.50. The average molecular weight is 433 g/mol. The summed E-state index contributed by atoms with van der Waals surface area (Å²) >= 11 is 0. The van der Waals surface area contributed by atoms with Gasteiger partial charge in [0.1, 0.15) is 0 Å². The van der Waals surface area contributed by atoms with E-state index in [1.54, 1.807) is 0 Å². The van der Waals surface area contributed by atoms with E-state index in [9.17, 15) is 0 Å². The first-order valence-electron chi connectivity index (χ1n) is 13.6. The predicted octanol–water partition coefficient (Wildman–Crippen LogP) is 9.56. The first kappa shape index (κ1) is 37.2. The van der Waals surface area contributed by atoms with Gasteiger partial charge in [-0.05, 0) is 43.9 Å². The molecular formula is C28H64O2. The Morgan fingerprint density at radius 2 is 0.900 bits per heavy atom. The average Bonchev–Trinajstić information content (AvgIpc) is 2.73. The fourth-order valence-corrected chi connectivity index (χ4v) is 2.50. The second-order valence-electron chi connectivity index (χ2n) is 9.31. The first-order chi connectivity index (χ1) is 14.2. The highest BCUT2D eigenvalue weighted by atomic mass is 16.3. The standard InChI is InChI=1S/C9H20O2.C9H20.C7H16.C3H8/c1-3-8(10)6-5-7-9(11)4-2;1-5-9(4)7-6-8(2)3;1-3-5-7-6-4-2;1-3-2/h8-11H,3-7H2,1-2H3;8-9H,5-7H2,1-4H3;3-7H2,1-2H3;3H2,1-2H3. The Labute approximate surface area is 193 Å². The van der Waals surface area contributed by atoms with Crippen LogP contribution >= 0.6 is 0 Å². The Morgan fingerprint density at radius 3 is 1.17 bits per heavy atom. The number of aliphatic hydroxyl groups is 2. The molecule has 0 spiro atoms. The molecule has 0 aliphatic heterocycles. The van der Waals surface area contributed by atoms with Crippen LogP contribution in [0.25, 0.3) is 0 Å². The Morgan fingerprint density at radius 1 is 0.500 bits per heavy atom. The van der Waals surface area contributed by atoms with Gasteiger partial charge in [-0.25, -0.2) is 0 Å². The molecular weight excluding hydrogens is 368 g/mol. The van der Waals surface area contributed by atoms with E-state index in [0.717, 1.165) is 43.9 Å². The van der Waals surface area contributed by atoms with Gasteiger partial charge in [-0.1, -0.05) is 127 Å². The molecule has 2 heteroatoms. The second-order valence-corrected chi connectivity index (χ2v) is 9.31. The number of hydrogen-bond donors (Lipinski definition) is 2. The molecule has 0 aliphatic carbocycles. The van der Waals surface area contributed by atoms with E-state index >= 15 is 0 Å². The highest BCUT2D eigenvalue weighted by Gasteiger charge is 2.03. The van der Waals surface area contributed by atoms with Crippen LogP contribution in [0.2, 0.25) is 0 Å². The zero-order valence-corrected chi connectivity index (χ0v) is 23.1. The minimum atomic E-state index is -0.168. The van der Waals surface area contributed by atoms with Gasteiger partial charge in [0.15, 0.2) is 0 Å². The molecule has 0 rings (SSSR count). The second kappa shape index (κ2) is 33.6. The van der Waals surface area contributed by atoms with Crippen molar-refractivity contribution in [2.45, 2.75) is 171 Å². The predicted molar refractivity (Wildman–Crippen MR) is 140 cm³/mol. The highest BCUT2D eigenvalue weighted by Crippen LogP contribution is 2.13. The molecule has 30 heavy (non-hydrogen) atoms. The molecule has 0 aromatic heterocycles. The smallest absolute Gasteiger partial charge is 0.0537 e. The summed E-state index contributed by atoms with van der Waals surface area (Å²) in [5.74, 6) is 1.83. The molecule has 2 nitrogen and oxygen atoms in total. The quantitative estimate of drug-likeness (QED) is 0.268. The lowest BCUT2D eigenvalue weighted by molar-refractivity contribution is 0.130. The number of hydrogen-bond acceptors (Lipinski definition) is 2. The Hall–Kier alpha value is -0.0800. The van der Waals surface area contributed by atoms with E-state index in [-0.39, 0.29) is 12.2 Å². The van der Waals surface area contributed by atoms with Gasteiger partial charge in [0.2, 0.25) is 0 Å². The van der Waals surface area contributed by atoms with Gasteiger partial charge in [-0.15, -0.1) is 0 Å². The Bertz CT molecular complexity index is 239. The Kier molecular flexibility index (Phi) is 41.7. The van der Waals surface area contributed by atoms with Gasteiger partial charge in [0, 0.05) is 0 Å². The van der Waals surface area contributed by atoms with Crippen molar-refractivity contribution >= 4 is 0 Å². The molecule has 0 amide bonds. The van der Waals surface area contributed by atoms with Crippen LogP contribution in [-0.4, -0.2) is 22.4 Å². The van der Waals surface area contributed by atoms with E-state index in [1.807, 2.05) is 13.8 Å². The van der Waals surface area contributed by atoms with Gasteiger partial charge >= 0.3 is 0 Å². The summed E-state index contributed by atoms with van der Waals surface area (Å²) in [6, 6.07) is 0. The third-order valence-corrected chi connectivity index (χ3v) is 5.16. The third kappa shape index (κ3) is 46.2. The molecule has 188 valence electrons. The topological polar surface area (TPSA) is 40.5 Å². The zero-order chi connectivity index (χ0) is 24.2. The van der Waals surface area contributed by atoms with E-state index in [0.29, 0.717) is 0 Å². The monoisotopic (exact) mass is 432 g/mol. The van der Waals surface area contributed by atoms with Crippen LogP contribution in [0.15, 0.2) is 0 Å². The summed E-state index contributed by atoms with van der Waals surface area (Å²) < 4.78 is 0. The van der Waals surface area contributed by atoms with Crippen molar-refractivity contribution in [1.29, 1.82) is 0 Å². The molecule has 0 heterocycles. The maximum Gasteiger partial charge on any atom is 0.0537 e. The minimum absolute atomic E-state index is 0.168. The van der Waals surface area contributed by atoms with Gasteiger partial charge < -0.3 is 10.2 Å². The largest absolute Gasteiger partial charge is 0.393 e. The molecule has 0 fully saturated rings. The summed E-state index contributed by atoms with van der Waals surface area (Å²) in [5.41, 5.74) is 0. The molecule has 3 atom stereocenters. The van der Waals surface area contributed by atoms with Crippen molar-refractivity contribution in [3.63, 3.8) is 0 Å². The molecule has 0 saturated heterocycles. The summed E-state index contributed by atoms with van der Waals surface area (Å²) in [6.07, 6.45) is 16.3. The number of unbranched alkanes of at least 4 members (excludes halogenated alkanes) is 4. The number of aliphatic hydroxyl groups excluding tert-OH is 2. The minimum Gasteiger partial charge on any atom is -0.393 e. The third-order valence-electron chi connectivity index (χ3n) is 5.16. The van der Waals surface area contributed by atoms with Crippen LogP contribution in [0.3, 0.4) is 0 Å². The lowest BCUT2D eigenvalue weighted by Crippen LogP contribution is -2.08. The van der Waals surface area contributed by atoms with Crippen LogP contribution in [0.4, 0.5) is 0 Å². The molecule has 2 N–H and O–H groups in total. The molecule has 0 radical (unpaired) electrons. The van der Waals surface area contributed by atoms with Gasteiger partial charge in [-0.3, -0.25) is 0 Å². The van der Waals surface area contributed by atoms with Crippen LogP contribution in [0.1, 0.15) is 159 Å². The summed E-state index contributed by atoms with van der Waals surface area (Å²) in [5, 5.41) is 18.3. The van der Waals surface area contributed by atoms with E-state index < -0.39 is 0 Å².